The van der Waals surface area contributed by atoms with Gasteiger partial charge in [-0.1, -0.05) is 0 Å². The number of esters is 1. The van der Waals surface area contributed by atoms with Gasteiger partial charge in [-0.3, -0.25) is 0 Å². The molecule has 4 nitrogen and oxygen atoms in total. The van der Waals surface area contributed by atoms with Crippen LogP contribution in [-0.2, 0) is 9.53 Å². The van der Waals surface area contributed by atoms with E-state index >= 15 is 0 Å². The summed E-state index contributed by atoms with van der Waals surface area (Å²) < 4.78 is 4.35. The molecule has 0 amide bonds. The highest BCUT2D eigenvalue weighted by Gasteiger charge is 2.37. The van der Waals surface area contributed by atoms with Gasteiger partial charge in [0, 0.05) is 6.42 Å². The van der Waals surface area contributed by atoms with E-state index in [1.165, 1.54) is 0 Å². The Hall–Kier alpha value is -0.610. The molecule has 0 bridgehead atoms. The molecule has 9 heavy (non-hydrogen) atoms. The van der Waals surface area contributed by atoms with Crippen LogP contribution in [0.2, 0.25) is 0 Å². The average Bonchev–Trinajstić information content (AvgIpc) is 1.77. The van der Waals surface area contributed by atoms with E-state index in [1.807, 2.05) is 0 Å². The molecule has 1 saturated heterocycles. The van der Waals surface area contributed by atoms with Crippen molar-refractivity contribution in [1.29, 1.82) is 0 Å². The molecule has 1 fully saturated rings. The summed E-state index contributed by atoms with van der Waals surface area (Å²) in [6, 6.07) is 0. The van der Waals surface area contributed by atoms with Crippen molar-refractivity contribution in [2.45, 2.75) is 18.6 Å². The Labute approximate surface area is 52.1 Å². The van der Waals surface area contributed by atoms with Crippen LogP contribution < -0.4 is 0 Å². The van der Waals surface area contributed by atoms with Crippen molar-refractivity contribution in [2.75, 3.05) is 6.61 Å². The van der Waals surface area contributed by atoms with Crippen LogP contribution in [0.25, 0.3) is 0 Å². The maximum Gasteiger partial charge on any atom is 0.366 e. The molecular formula is C5H8O4. The van der Waals surface area contributed by atoms with E-state index in [0.29, 0.717) is 13.0 Å². The van der Waals surface area contributed by atoms with Crippen molar-refractivity contribution in [3.05, 3.63) is 0 Å². The highest BCUT2D eigenvalue weighted by Crippen LogP contribution is 2.16. The van der Waals surface area contributed by atoms with Gasteiger partial charge in [0.15, 0.2) is 0 Å². The Morgan fingerprint density at radius 3 is 2.56 bits per heavy atom. The lowest BCUT2D eigenvalue weighted by atomic mass is 10.1. The Bertz CT molecular complexity index is 129. The number of hydrogen-bond acceptors (Lipinski definition) is 4. The fraction of sp³-hybridized carbons (Fsp3) is 0.800. The van der Waals surface area contributed by atoms with E-state index in [4.69, 9.17) is 10.2 Å². The molecule has 0 radical (unpaired) electrons. The number of cyclic esters (lactones) is 1. The summed E-state index contributed by atoms with van der Waals surface area (Å²) in [5.41, 5.74) is 0. The van der Waals surface area contributed by atoms with Crippen LogP contribution in [0.4, 0.5) is 0 Å². The number of carbonyl (C=O) groups is 1. The van der Waals surface area contributed by atoms with Gasteiger partial charge in [-0.2, -0.15) is 0 Å². The molecule has 0 aromatic carbocycles. The molecular weight excluding hydrogens is 124 g/mol. The molecule has 0 aromatic rings. The Morgan fingerprint density at radius 2 is 2.22 bits per heavy atom. The fourth-order valence-corrected chi connectivity index (χ4v) is 0.701. The number of hydrogen-bond donors (Lipinski definition) is 2. The molecule has 0 aliphatic carbocycles. The third-order valence-electron chi connectivity index (χ3n) is 1.23. The smallest absolute Gasteiger partial charge is 0.366 e. The number of aliphatic hydroxyl groups is 2. The van der Waals surface area contributed by atoms with Gasteiger partial charge in [0.2, 0.25) is 0 Å². The standard InChI is InChI=1S/C5H8O4/c6-4-5(7,8)2-1-3-9-4/h7-8H,1-3H2. The number of rotatable bonds is 0. The average molecular weight is 132 g/mol. The first-order chi connectivity index (χ1) is 4.13. The molecule has 1 rings (SSSR count). The minimum atomic E-state index is -2.22. The quantitative estimate of drug-likeness (QED) is 0.328. The molecule has 0 saturated carbocycles. The lowest BCUT2D eigenvalue weighted by Crippen LogP contribution is -2.43. The third kappa shape index (κ3) is 1.20. The van der Waals surface area contributed by atoms with Crippen molar-refractivity contribution in [2.24, 2.45) is 0 Å². The first-order valence-corrected chi connectivity index (χ1v) is 2.75. The monoisotopic (exact) mass is 132 g/mol. The van der Waals surface area contributed by atoms with E-state index in [2.05, 4.69) is 4.74 Å². The zero-order valence-corrected chi connectivity index (χ0v) is 4.83. The molecule has 4 heteroatoms. The van der Waals surface area contributed by atoms with E-state index in [-0.39, 0.29) is 6.42 Å². The van der Waals surface area contributed by atoms with Crippen molar-refractivity contribution >= 4 is 5.97 Å². The predicted octanol–water partition coefficient (Wildman–Crippen LogP) is -0.996. The van der Waals surface area contributed by atoms with Gasteiger partial charge >= 0.3 is 5.97 Å². The second-order valence-electron chi connectivity index (χ2n) is 2.06. The predicted molar refractivity (Wildman–Crippen MR) is 27.4 cm³/mol. The summed E-state index contributed by atoms with van der Waals surface area (Å²) in [5.74, 6) is -3.16. The molecule has 0 aromatic heterocycles. The van der Waals surface area contributed by atoms with E-state index < -0.39 is 11.8 Å². The molecule has 0 spiro atoms. The first-order valence-electron chi connectivity index (χ1n) is 2.75. The maximum atomic E-state index is 10.4. The minimum Gasteiger partial charge on any atom is -0.462 e. The highest BCUT2D eigenvalue weighted by molar-refractivity contribution is 5.77. The summed E-state index contributed by atoms with van der Waals surface area (Å²) in [6.07, 6.45) is 0.588. The summed E-state index contributed by atoms with van der Waals surface area (Å²) in [6.45, 7) is 0.293. The van der Waals surface area contributed by atoms with Crippen molar-refractivity contribution in [1.82, 2.24) is 0 Å². The van der Waals surface area contributed by atoms with Crippen LogP contribution in [-0.4, -0.2) is 28.6 Å². The van der Waals surface area contributed by atoms with Crippen LogP contribution in [0.5, 0.6) is 0 Å². The summed E-state index contributed by atoms with van der Waals surface area (Å²) >= 11 is 0. The number of carbonyl (C=O) groups excluding carboxylic acids is 1. The van der Waals surface area contributed by atoms with Gasteiger partial charge < -0.3 is 14.9 Å². The fourth-order valence-electron chi connectivity index (χ4n) is 0.701. The van der Waals surface area contributed by atoms with E-state index in [9.17, 15) is 4.79 Å². The largest absolute Gasteiger partial charge is 0.462 e. The summed E-state index contributed by atoms with van der Waals surface area (Å²) in [4.78, 5) is 10.4. The molecule has 52 valence electrons. The first kappa shape index (κ1) is 6.51. The second kappa shape index (κ2) is 1.97. The van der Waals surface area contributed by atoms with Crippen LogP contribution in [0.1, 0.15) is 12.8 Å². The molecule has 1 aliphatic rings. The van der Waals surface area contributed by atoms with Gasteiger partial charge in [-0.15, -0.1) is 0 Å². The molecule has 1 aliphatic heterocycles. The number of ether oxygens (including phenoxy) is 1. The van der Waals surface area contributed by atoms with Gasteiger partial charge in [-0.25, -0.2) is 4.79 Å². The third-order valence-corrected chi connectivity index (χ3v) is 1.23. The molecule has 0 unspecified atom stereocenters. The lowest BCUT2D eigenvalue weighted by molar-refractivity contribution is -0.222. The Kier molecular flexibility index (Phi) is 1.42. The Morgan fingerprint density at radius 1 is 1.56 bits per heavy atom. The normalized spacial score (nSPS) is 25.3. The van der Waals surface area contributed by atoms with Gasteiger partial charge in [0.25, 0.3) is 5.79 Å². The van der Waals surface area contributed by atoms with E-state index in [0.717, 1.165) is 0 Å². The summed E-state index contributed by atoms with van der Waals surface area (Å²) in [5, 5.41) is 17.4. The van der Waals surface area contributed by atoms with Crippen LogP contribution in [0, 0.1) is 0 Å². The Balaban J connectivity index is 2.60. The van der Waals surface area contributed by atoms with Gasteiger partial charge in [0.05, 0.1) is 6.61 Å². The zero-order valence-electron chi connectivity index (χ0n) is 4.83. The second-order valence-corrected chi connectivity index (χ2v) is 2.06. The van der Waals surface area contributed by atoms with Crippen LogP contribution >= 0.6 is 0 Å². The molecule has 2 N–H and O–H groups in total. The van der Waals surface area contributed by atoms with Gasteiger partial charge in [-0.05, 0) is 6.42 Å². The summed E-state index contributed by atoms with van der Waals surface area (Å²) in [7, 11) is 0. The highest BCUT2D eigenvalue weighted by atomic mass is 16.6. The SMILES string of the molecule is O=C1OCCCC1(O)O. The minimum absolute atomic E-state index is 0.0752. The van der Waals surface area contributed by atoms with Crippen LogP contribution in [0.15, 0.2) is 0 Å². The molecule has 0 atom stereocenters. The lowest BCUT2D eigenvalue weighted by Gasteiger charge is -2.23. The van der Waals surface area contributed by atoms with Gasteiger partial charge in [0.1, 0.15) is 0 Å². The van der Waals surface area contributed by atoms with Crippen LogP contribution in [0.3, 0.4) is 0 Å². The van der Waals surface area contributed by atoms with Crippen molar-refractivity contribution in [3.8, 4) is 0 Å². The van der Waals surface area contributed by atoms with E-state index in [1.54, 1.807) is 0 Å². The van der Waals surface area contributed by atoms with Crippen molar-refractivity contribution < 1.29 is 19.7 Å². The topological polar surface area (TPSA) is 66.8 Å². The zero-order chi connectivity index (χ0) is 6.91. The van der Waals surface area contributed by atoms with Crippen molar-refractivity contribution in [3.63, 3.8) is 0 Å². The maximum absolute atomic E-state index is 10.4. The molecule has 1 heterocycles.